The van der Waals surface area contributed by atoms with Crippen LogP contribution in [-0.4, -0.2) is 12.1 Å². The Morgan fingerprint density at radius 1 is 1.28 bits per heavy atom. The van der Waals surface area contributed by atoms with Gasteiger partial charge in [0, 0.05) is 22.9 Å². The van der Waals surface area contributed by atoms with E-state index in [0.717, 1.165) is 22.6 Å². The van der Waals surface area contributed by atoms with Crippen LogP contribution in [0.5, 0.6) is 5.75 Å². The van der Waals surface area contributed by atoms with Gasteiger partial charge in [-0.05, 0) is 24.3 Å². The molecule has 0 saturated heterocycles. The van der Waals surface area contributed by atoms with Gasteiger partial charge < -0.3 is 15.4 Å². The number of carbonyl (C=O) groups excluding carboxylic acids is 1. The first-order valence-electron chi connectivity index (χ1n) is 5.73. The van der Waals surface area contributed by atoms with Crippen molar-refractivity contribution in [1.29, 1.82) is 0 Å². The molecule has 0 aromatic heterocycles. The van der Waals surface area contributed by atoms with Crippen molar-refractivity contribution in [2.24, 2.45) is 5.73 Å². The number of primary amides is 1. The number of nitrogens with two attached hydrogens (primary N) is 1. The van der Waals surface area contributed by atoms with Gasteiger partial charge in [0.1, 0.15) is 5.75 Å². The van der Waals surface area contributed by atoms with Crippen LogP contribution in [-0.2, 0) is 4.79 Å². The zero-order chi connectivity index (χ0) is 12.3. The quantitative estimate of drug-likeness (QED) is 0.805. The average molecular weight is 238 g/mol. The number of ether oxygens (including phenoxy) is 1. The highest BCUT2D eigenvalue weighted by Gasteiger charge is 2.40. The second kappa shape index (κ2) is 3.04. The van der Waals surface area contributed by atoms with Gasteiger partial charge in [-0.2, -0.15) is 0 Å². The Labute approximate surface area is 104 Å². The molecule has 4 nitrogen and oxygen atoms in total. The van der Waals surface area contributed by atoms with Gasteiger partial charge >= 0.3 is 0 Å². The summed E-state index contributed by atoms with van der Waals surface area (Å²) in [5.41, 5.74) is 8.88. The van der Waals surface area contributed by atoms with Gasteiger partial charge in [-0.15, -0.1) is 0 Å². The molecular formula is C14H10N2O2. The summed E-state index contributed by atoms with van der Waals surface area (Å²) in [6.07, 6.45) is 5.45. The summed E-state index contributed by atoms with van der Waals surface area (Å²) >= 11 is 0. The van der Waals surface area contributed by atoms with Crippen molar-refractivity contribution in [3.05, 3.63) is 59.3 Å². The molecule has 1 aromatic carbocycles. The molecule has 1 aromatic rings. The maximum absolute atomic E-state index is 11.2. The molecule has 0 bridgehead atoms. The predicted molar refractivity (Wildman–Crippen MR) is 66.8 cm³/mol. The first-order valence-corrected chi connectivity index (χ1v) is 5.73. The second-order valence-electron chi connectivity index (χ2n) is 4.49. The smallest absolute Gasteiger partial charge is 0.248 e. The maximum Gasteiger partial charge on any atom is 0.248 e. The number of carbonyl (C=O) groups is 1. The van der Waals surface area contributed by atoms with Gasteiger partial charge in [-0.1, -0.05) is 12.1 Å². The van der Waals surface area contributed by atoms with E-state index in [2.05, 4.69) is 4.90 Å². The van der Waals surface area contributed by atoms with E-state index in [9.17, 15) is 4.79 Å². The highest BCUT2D eigenvalue weighted by atomic mass is 16.5. The van der Waals surface area contributed by atoms with Gasteiger partial charge in [-0.25, -0.2) is 0 Å². The molecule has 2 heterocycles. The van der Waals surface area contributed by atoms with Crippen molar-refractivity contribution in [2.75, 3.05) is 4.90 Å². The fourth-order valence-electron chi connectivity index (χ4n) is 2.59. The molecule has 0 fully saturated rings. The molecule has 3 aliphatic rings. The minimum Gasteiger partial charge on any atom is -0.464 e. The van der Waals surface area contributed by atoms with Crippen molar-refractivity contribution < 1.29 is 9.53 Å². The van der Waals surface area contributed by atoms with E-state index >= 15 is 0 Å². The minimum absolute atomic E-state index is 0.162. The second-order valence-corrected chi connectivity index (χ2v) is 4.49. The lowest BCUT2D eigenvalue weighted by Gasteiger charge is -2.15. The SMILES string of the molecule is NC(=O)C1=CC2=CN3c4ccccc4OC3C2=C1. The number of nitrogens with zero attached hydrogens (tertiary/aromatic N) is 1. The first-order chi connectivity index (χ1) is 8.74. The number of benzene rings is 1. The van der Waals surface area contributed by atoms with Crippen LogP contribution in [0.3, 0.4) is 0 Å². The Balaban J connectivity index is 1.80. The number of rotatable bonds is 1. The third-order valence-corrected chi connectivity index (χ3v) is 3.42. The fraction of sp³-hybridized carbons (Fsp3) is 0.0714. The van der Waals surface area contributed by atoms with Crippen LogP contribution in [0.2, 0.25) is 0 Å². The molecule has 0 saturated carbocycles. The monoisotopic (exact) mass is 238 g/mol. The van der Waals surface area contributed by atoms with Gasteiger partial charge in [0.05, 0.1) is 5.69 Å². The third kappa shape index (κ3) is 1.07. The van der Waals surface area contributed by atoms with Crippen molar-refractivity contribution >= 4 is 11.6 Å². The molecule has 0 radical (unpaired) electrons. The molecule has 18 heavy (non-hydrogen) atoms. The van der Waals surface area contributed by atoms with Gasteiger partial charge in [0.2, 0.25) is 12.1 Å². The Bertz CT molecular complexity index is 670. The summed E-state index contributed by atoms with van der Waals surface area (Å²) < 4.78 is 5.89. The number of amides is 1. The largest absolute Gasteiger partial charge is 0.464 e. The Hall–Kier alpha value is -2.49. The van der Waals surface area contributed by atoms with Crippen LogP contribution in [0, 0.1) is 0 Å². The fourth-order valence-corrected chi connectivity index (χ4v) is 2.59. The van der Waals surface area contributed by atoms with Crippen molar-refractivity contribution in [3.8, 4) is 5.75 Å². The lowest BCUT2D eigenvalue weighted by atomic mass is 10.2. The average Bonchev–Trinajstić information content (AvgIpc) is 2.97. The highest BCUT2D eigenvalue weighted by Crippen LogP contribution is 2.46. The topological polar surface area (TPSA) is 55.6 Å². The van der Waals surface area contributed by atoms with Crippen LogP contribution < -0.4 is 15.4 Å². The molecule has 4 heteroatoms. The lowest BCUT2D eigenvalue weighted by Crippen LogP contribution is -2.27. The number of fused-ring (bicyclic) bond motifs is 5. The molecule has 2 aliphatic heterocycles. The normalized spacial score (nSPS) is 22.6. The van der Waals surface area contributed by atoms with E-state index in [1.807, 2.05) is 42.6 Å². The van der Waals surface area contributed by atoms with Crippen LogP contribution >= 0.6 is 0 Å². The maximum atomic E-state index is 11.2. The summed E-state index contributed by atoms with van der Waals surface area (Å²) in [6.45, 7) is 0. The molecule has 1 unspecified atom stereocenters. The van der Waals surface area contributed by atoms with E-state index in [1.165, 1.54) is 0 Å². The Morgan fingerprint density at radius 3 is 2.94 bits per heavy atom. The third-order valence-electron chi connectivity index (χ3n) is 3.42. The molecule has 0 spiro atoms. The van der Waals surface area contributed by atoms with Crippen LogP contribution in [0.15, 0.2) is 59.3 Å². The molecule has 1 amide bonds. The molecule has 2 N–H and O–H groups in total. The standard InChI is InChI=1S/C14H10N2O2/c15-13(17)8-5-9-7-16-11-3-1-2-4-12(11)18-14(16)10(9)6-8/h1-7,14H,(H2,15,17). The summed E-state index contributed by atoms with van der Waals surface area (Å²) in [6, 6.07) is 7.89. The van der Waals surface area contributed by atoms with Crippen molar-refractivity contribution in [1.82, 2.24) is 0 Å². The van der Waals surface area contributed by atoms with Crippen molar-refractivity contribution in [3.63, 3.8) is 0 Å². The number of allylic oxidation sites excluding steroid dienone is 1. The Kier molecular flexibility index (Phi) is 1.61. The first kappa shape index (κ1) is 9.53. The molecule has 1 aliphatic carbocycles. The van der Waals surface area contributed by atoms with Crippen LogP contribution in [0.25, 0.3) is 0 Å². The van der Waals surface area contributed by atoms with Crippen molar-refractivity contribution in [2.45, 2.75) is 6.23 Å². The van der Waals surface area contributed by atoms with Gasteiger partial charge in [0.15, 0.2) is 0 Å². The van der Waals surface area contributed by atoms with E-state index < -0.39 is 5.91 Å². The zero-order valence-corrected chi connectivity index (χ0v) is 9.46. The lowest BCUT2D eigenvalue weighted by molar-refractivity contribution is -0.114. The summed E-state index contributed by atoms with van der Waals surface area (Å²) in [4.78, 5) is 13.2. The predicted octanol–water partition coefficient (Wildman–Crippen LogP) is 1.46. The Morgan fingerprint density at radius 2 is 2.11 bits per heavy atom. The summed E-state index contributed by atoms with van der Waals surface area (Å²) in [7, 11) is 0. The molecule has 1 atom stereocenters. The summed E-state index contributed by atoms with van der Waals surface area (Å²) in [5.74, 6) is 0.464. The van der Waals surface area contributed by atoms with Gasteiger partial charge in [0.25, 0.3) is 0 Å². The van der Waals surface area contributed by atoms with E-state index in [1.54, 1.807) is 0 Å². The number of anilines is 1. The highest BCUT2D eigenvalue weighted by molar-refractivity contribution is 5.98. The van der Waals surface area contributed by atoms with Crippen LogP contribution in [0.4, 0.5) is 5.69 Å². The van der Waals surface area contributed by atoms with E-state index in [0.29, 0.717) is 5.57 Å². The minimum atomic E-state index is -0.403. The molecule has 4 rings (SSSR count). The summed E-state index contributed by atoms with van der Waals surface area (Å²) in [5, 5.41) is 0. The number of hydrogen-bond donors (Lipinski definition) is 1. The van der Waals surface area contributed by atoms with E-state index in [4.69, 9.17) is 10.5 Å². The molecule has 88 valence electrons. The van der Waals surface area contributed by atoms with Crippen LogP contribution in [0.1, 0.15) is 0 Å². The molecular weight excluding hydrogens is 228 g/mol. The number of hydrogen-bond acceptors (Lipinski definition) is 3. The zero-order valence-electron chi connectivity index (χ0n) is 9.46. The number of para-hydroxylation sites is 2. The van der Waals surface area contributed by atoms with Gasteiger partial charge in [-0.3, -0.25) is 4.79 Å². The van der Waals surface area contributed by atoms with E-state index in [-0.39, 0.29) is 6.23 Å².